The van der Waals surface area contributed by atoms with E-state index in [-0.39, 0.29) is 18.3 Å². The fraction of sp³-hybridized carbons (Fsp3) is 0.0588. The van der Waals surface area contributed by atoms with Gasteiger partial charge in [0.05, 0.1) is 17.7 Å². The third-order valence-corrected chi connectivity index (χ3v) is 3.94. The van der Waals surface area contributed by atoms with Crippen LogP contribution in [0.1, 0.15) is 16.1 Å². The summed E-state index contributed by atoms with van der Waals surface area (Å²) in [6, 6.07) is 15.0. The fourth-order valence-electron chi connectivity index (χ4n) is 2.09. The van der Waals surface area contributed by atoms with E-state index in [4.69, 9.17) is 4.52 Å². The van der Waals surface area contributed by atoms with Crippen LogP contribution in [-0.2, 0) is 6.54 Å². The van der Waals surface area contributed by atoms with E-state index >= 15 is 0 Å². The normalized spacial score (nSPS) is 10.5. The summed E-state index contributed by atoms with van der Waals surface area (Å²) in [6.45, 7) is 0.193. The number of nitrogens with zero attached hydrogens (tertiary/aromatic N) is 1. The van der Waals surface area contributed by atoms with Crippen LogP contribution < -0.4 is 5.32 Å². The Kier molecular flexibility index (Phi) is 4.52. The SMILES string of the molecule is O=C(NCc1cc(-c2ccccc2F)on1)c1ccccc1Br. The van der Waals surface area contributed by atoms with Crippen LogP contribution in [0.15, 0.2) is 63.6 Å². The molecule has 0 unspecified atom stereocenters. The molecular weight excluding hydrogens is 363 g/mol. The molecule has 3 aromatic rings. The molecule has 116 valence electrons. The third kappa shape index (κ3) is 3.48. The van der Waals surface area contributed by atoms with Gasteiger partial charge in [-0.1, -0.05) is 29.4 Å². The molecule has 1 aromatic heterocycles. The number of benzene rings is 2. The lowest BCUT2D eigenvalue weighted by atomic mass is 10.1. The average Bonchev–Trinajstić information content (AvgIpc) is 3.02. The first-order valence-corrected chi connectivity index (χ1v) is 7.67. The van der Waals surface area contributed by atoms with E-state index in [0.717, 1.165) is 0 Å². The van der Waals surface area contributed by atoms with Crippen LogP contribution in [0.2, 0.25) is 0 Å². The molecule has 0 bridgehead atoms. The monoisotopic (exact) mass is 374 g/mol. The van der Waals surface area contributed by atoms with E-state index in [1.165, 1.54) is 6.07 Å². The smallest absolute Gasteiger partial charge is 0.252 e. The molecule has 2 aromatic carbocycles. The molecular formula is C17H12BrFN2O2. The predicted octanol–water partition coefficient (Wildman–Crippen LogP) is 4.17. The molecule has 0 atom stereocenters. The topological polar surface area (TPSA) is 55.1 Å². The quantitative estimate of drug-likeness (QED) is 0.745. The predicted molar refractivity (Wildman–Crippen MR) is 87.2 cm³/mol. The average molecular weight is 375 g/mol. The summed E-state index contributed by atoms with van der Waals surface area (Å²) in [5, 5.41) is 6.60. The zero-order chi connectivity index (χ0) is 16.2. The Balaban J connectivity index is 1.70. The number of carbonyl (C=O) groups excluding carboxylic acids is 1. The van der Waals surface area contributed by atoms with E-state index in [9.17, 15) is 9.18 Å². The summed E-state index contributed by atoms with van der Waals surface area (Å²) in [6.07, 6.45) is 0. The minimum Gasteiger partial charge on any atom is -0.356 e. The van der Waals surface area contributed by atoms with Gasteiger partial charge in [0.2, 0.25) is 0 Å². The first kappa shape index (κ1) is 15.4. The second-order valence-corrected chi connectivity index (χ2v) is 5.68. The first-order chi connectivity index (χ1) is 11.1. The Morgan fingerprint density at radius 1 is 1.17 bits per heavy atom. The molecule has 0 fully saturated rings. The van der Waals surface area contributed by atoms with Crippen LogP contribution in [0.4, 0.5) is 4.39 Å². The maximum atomic E-state index is 13.7. The van der Waals surface area contributed by atoms with Crippen molar-refractivity contribution in [3.8, 4) is 11.3 Å². The van der Waals surface area contributed by atoms with Gasteiger partial charge in [-0.2, -0.15) is 0 Å². The van der Waals surface area contributed by atoms with Crippen molar-refractivity contribution in [3.05, 3.63) is 76.1 Å². The third-order valence-electron chi connectivity index (χ3n) is 3.25. The van der Waals surface area contributed by atoms with Crippen molar-refractivity contribution in [3.63, 3.8) is 0 Å². The Labute approximate surface area is 140 Å². The highest BCUT2D eigenvalue weighted by atomic mass is 79.9. The molecule has 0 radical (unpaired) electrons. The lowest BCUT2D eigenvalue weighted by Gasteiger charge is -2.04. The minimum atomic E-state index is -0.382. The molecule has 4 nitrogen and oxygen atoms in total. The van der Waals surface area contributed by atoms with Gasteiger partial charge in [0.15, 0.2) is 5.76 Å². The zero-order valence-electron chi connectivity index (χ0n) is 11.9. The molecule has 6 heteroatoms. The molecule has 0 aliphatic carbocycles. The van der Waals surface area contributed by atoms with Crippen molar-refractivity contribution in [1.82, 2.24) is 10.5 Å². The number of hydrogen-bond donors (Lipinski definition) is 1. The van der Waals surface area contributed by atoms with E-state index in [0.29, 0.717) is 27.1 Å². The molecule has 1 N–H and O–H groups in total. The number of aromatic nitrogens is 1. The summed E-state index contributed by atoms with van der Waals surface area (Å²) in [4.78, 5) is 12.1. The van der Waals surface area contributed by atoms with Crippen molar-refractivity contribution < 1.29 is 13.7 Å². The van der Waals surface area contributed by atoms with Crippen LogP contribution in [-0.4, -0.2) is 11.1 Å². The van der Waals surface area contributed by atoms with Crippen LogP contribution >= 0.6 is 15.9 Å². The van der Waals surface area contributed by atoms with E-state index in [2.05, 4.69) is 26.4 Å². The van der Waals surface area contributed by atoms with E-state index in [1.54, 1.807) is 42.5 Å². The molecule has 0 aliphatic heterocycles. The molecule has 1 amide bonds. The molecule has 0 spiro atoms. The van der Waals surface area contributed by atoms with E-state index < -0.39 is 0 Å². The highest BCUT2D eigenvalue weighted by Gasteiger charge is 2.13. The number of nitrogens with one attached hydrogen (secondary N) is 1. The maximum absolute atomic E-state index is 13.7. The summed E-state index contributed by atoms with van der Waals surface area (Å²) in [7, 11) is 0. The zero-order valence-corrected chi connectivity index (χ0v) is 13.5. The van der Waals surface area contributed by atoms with Crippen LogP contribution in [0, 0.1) is 5.82 Å². The van der Waals surface area contributed by atoms with Crippen molar-refractivity contribution in [2.75, 3.05) is 0 Å². The van der Waals surface area contributed by atoms with Crippen molar-refractivity contribution in [2.45, 2.75) is 6.54 Å². The van der Waals surface area contributed by atoms with Crippen LogP contribution in [0.3, 0.4) is 0 Å². The Morgan fingerprint density at radius 3 is 2.70 bits per heavy atom. The van der Waals surface area contributed by atoms with Gasteiger partial charge < -0.3 is 9.84 Å². The largest absolute Gasteiger partial charge is 0.356 e. The number of carbonyl (C=O) groups is 1. The molecule has 0 aliphatic rings. The minimum absolute atomic E-state index is 0.193. The van der Waals surface area contributed by atoms with Gasteiger partial charge in [-0.3, -0.25) is 4.79 Å². The van der Waals surface area contributed by atoms with Gasteiger partial charge in [-0.05, 0) is 40.2 Å². The van der Waals surface area contributed by atoms with Gasteiger partial charge in [-0.15, -0.1) is 0 Å². The first-order valence-electron chi connectivity index (χ1n) is 6.88. The molecule has 0 saturated heterocycles. The lowest BCUT2D eigenvalue weighted by molar-refractivity contribution is 0.0949. The van der Waals surface area contributed by atoms with Gasteiger partial charge >= 0.3 is 0 Å². The highest BCUT2D eigenvalue weighted by molar-refractivity contribution is 9.10. The lowest BCUT2D eigenvalue weighted by Crippen LogP contribution is -2.23. The Morgan fingerprint density at radius 2 is 1.91 bits per heavy atom. The fourth-order valence-corrected chi connectivity index (χ4v) is 2.56. The van der Waals surface area contributed by atoms with Crippen molar-refractivity contribution in [2.24, 2.45) is 0 Å². The second kappa shape index (κ2) is 6.75. The number of hydrogen-bond acceptors (Lipinski definition) is 3. The van der Waals surface area contributed by atoms with Crippen LogP contribution in [0.5, 0.6) is 0 Å². The summed E-state index contributed by atoms with van der Waals surface area (Å²) >= 11 is 3.33. The second-order valence-electron chi connectivity index (χ2n) is 4.82. The number of halogens is 2. The Hall–Kier alpha value is -2.47. The highest BCUT2D eigenvalue weighted by Crippen LogP contribution is 2.23. The molecule has 3 rings (SSSR count). The van der Waals surface area contributed by atoms with Gasteiger partial charge in [0.1, 0.15) is 11.5 Å². The van der Waals surface area contributed by atoms with Crippen molar-refractivity contribution >= 4 is 21.8 Å². The van der Waals surface area contributed by atoms with Gasteiger partial charge in [0.25, 0.3) is 5.91 Å². The van der Waals surface area contributed by atoms with E-state index in [1.807, 2.05) is 6.07 Å². The summed E-state index contributed by atoms with van der Waals surface area (Å²) < 4.78 is 19.6. The maximum Gasteiger partial charge on any atom is 0.252 e. The molecule has 0 saturated carbocycles. The standard InChI is InChI=1S/C17H12BrFN2O2/c18-14-7-3-1-5-12(14)17(22)20-10-11-9-16(23-21-11)13-6-2-4-8-15(13)19/h1-9H,10H2,(H,20,22). The Bertz CT molecular complexity index is 848. The molecule has 23 heavy (non-hydrogen) atoms. The van der Waals surface area contributed by atoms with Gasteiger partial charge in [-0.25, -0.2) is 4.39 Å². The number of rotatable bonds is 4. The summed E-state index contributed by atoms with van der Waals surface area (Å²) in [5.41, 5.74) is 1.39. The van der Waals surface area contributed by atoms with Gasteiger partial charge in [0, 0.05) is 10.5 Å². The molecule has 1 heterocycles. The number of amides is 1. The van der Waals surface area contributed by atoms with Crippen LogP contribution in [0.25, 0.3) is 11.3 Å². The van der Waals surface area contributed by atoms with Crippen molar-refractivity contribution in [1.29, 1.82) is 0 Å². The summed E-state index contributed by atoms with van der Waals surface area (Å²) in [5.74, 6) is -0.284.